The van der Waals surface area contributed by atoms with Crippen LogP contribution in [0.2, 0.25) is 0 Å². The predicted molar refractivity (Wildman–Crippen MR) is 61.6 cm³/mol. The van der Waals surface area contributed by atoms with E-state index in [0.29, 0.717) is 23.1 Å². The highest BCUT2D eigenvalue weighted by Crippen LogP contribution is 2.27. The van der Waals surface area contributed by atoms with Crippen LogP contribution < -0.4 is 4.90 Å². The van der Waals surface area contributed by atoms with Gasteiger partial charge in [-0.2, -0.15) is 0 Å². The van der Waals surface area contributed by atoms with Crippen LogP contribution in [0.3, 0.4) is 0 Å². The fraction of sp³-hybridized carbons (Fsp3) is 0.364. The molecular formula is C11H11BrFNO2. The van der Waals surface area contributed by atoms with Gasteiger partial charge in [0.2, 0.25) is 5.91 Å². The molecule has 1 N–H and O–H groups in total. The Bertz CT molecular complexity index is 424. The van der Waals surface area contributed by atoms with Gasteiger partial charge in [0, 0.05) is 31.2 Å². The zero-order chi connectivity index (χ0) is 11.7. The van der Waals surface area contributed by atoms with Gasteiger partial charge in [-0.3, -0.25) is 4.79 Å². The molecule has 86 valence electrons. The number of hydrogen-bond donors (Lipinski definition) is 1. The van der Waals surface area contributed by atoms with Crippen molar-refractivity contribution in [3.05, 3.63) is 28.5 Å². The van der Waals surface area contributed by atoms with Crippen LogP contribution in [0.25, 0.3) is 0 Å². The minimum Gasteiger partial charge on any atom is -0.396 e. The molecule has 1 aliphatic rings. The lowest BCUT2D eigenvalue weighted by molar-refractivity contribution is -0.117. The number of anilines is 1. The summed E-state index contributed by atoms with van der Waals surface area (Å²) in [5, 5.41) is 8.99. The number of hydrogen-bond acceptors (Lipinski definition) is 2. The molecule has 0 spiro atoms. The van der Waals surface area contributed by atoms with Crippen molar-refractivity contribution in [3.63, 3.8) is 0 Å². The number of aliphatic hydroxyl groups is 1. The molecule has 0 aromatic heterocycles. The molecule has 0 aliphatic carbocycles. The zero-order valence-corrected chi connectivity index (χ0v) is 10.1. The van der Waals surface area contributed by atoms with Crippen molar-refractivity contribution in [2.45, 2.75) is 6.42 Å². The molecule has 0 bridgehead atoms. The first-order valence-electron chi connectivity index (χ1n) is 4.98. The van der Waals surface area contributed by atoms with Gasteiger partial charge in [-0.1, -0.05) is 0 Å². The minimum atomic E-state index is -0.391. The average Bonchev–Trinajstić information content (AvgIpc) is 2.64. The van der Waals surface area contributed by atoms with Gasteiger partial charge in [-0.05, 0) is 34.1 Å². The quantitative estimate of drug-likeness (QED) is 0.903. The van der Waals surface area contributed by atoms with Crippen LogP contribution >= 0.6 is 15.9 Å². The molecule has 1 amide bonds. The minimum absolute atomic E-state index is 0.0126. The predicted octanol–water partition coefficient (Wildman–Crippen LogP) is 1.93. The van der Waals surface area contributed by atoms with Crippen molar-refractivity contribution >= 4 is 27.5 Å². The Morgan fingerprint density at radius 1 is 1.56 bits per heavy atom. The fourth-order valence-electron chi connectivity index (χ4n) is 1.81. The van der Waals surface area contributed by atoms with E-state index in [-0.39, 0.29) is 18.4 Å². The molecule has 0 saturated carbocycles. The first kappa shape index (κ1) is 11.5. The van der Waals surface area contributed by atoms with Gasteiger partial charge in [0.1, 0.15) is 5.82 Å². The molecule has 1 heterocycles. The normalized spacial score (nSPS) is 20.6. The van der Waals surface area contributed by atoms with Gasteiger partial charge in [0.25, 0.3) is 0 Å². The highest BCUT2D eigenvalue weighted by Gasteiger charge is 2.30. The second-order valence-corrected chi connectivity index (χ2v) is 4.71. The van der Waals surface area contributed by atoms with E-state index in [1.807, 2.05) is 0 Å². The number of amides is 1. The van der Waals surface area contributed by atoms with Crippen LogP contribution in [-0.4, -0.2) is 24.2 Å². The molecule has 1 atom stereocenters. The molecule has 1 unspecified atom stereocenters. The number of benzene rings is 1. The maximum Gasteiger partial charge on any atom is 0.227 e. The molecule has 2 rings (SSSR count). The molecule has 1 aromatic rings. The monoisotopic (exact) mass is 287 g/mol. The Morgan fingerprint density at radius 3 is 2.88 bits per heavy atom. The summed E-state index contributed by atoms with van der Waals surface area (Å²) in [5.41, 5.74) is 0.543. The topological polar surface area (TPSA) is 40.5 Å². The second-order valence-electron chi connectivity index (χ2n) is 3.86. The highest BCUT2D eigenvalue weighted by atomic mass is 79.9. The lowest BCUT2D eigenvalue weighted by Gasteiger charge is -2.16. The van der Waals surface area contributed by atoms with Gasteiger partial charge >= 0.3 is 0 Å². The standard InChI is InChI=1S/C11H11BrFNO2/c12-9-2-1-8(4-10(9)13)14-5-7(6-15)3-11(14)16/h1-2,4,7,15H,3,5-6H2. The number of nitrogens with zero attached hydrogens (tertiary/aromatic N) is 1. The summed E-state index contributed by atoms with van der Waals surface area (Å²) in [4.78, 5) is 13.1. The number of carbonyl (C=O) groups is 1. The summed E-state index contributed by atoms with van der Waals surface area (Å²) in [6.07, 6.45) is 0.328. The third kappa shape index (κ3) is 2.10. The van der Waals surface area contributed by atoms with Crippen LogP contribution in [0, 0.1) is 11.7 Å². The Hall–Kier alpha value is -0.940. The van der Waals surface area contributed by atoms with Crippen LogP contribution in [-0.2, 0) is 4.79 Å². The Labute approximate surface area is 101 Å². The van der Waals surface area contributed by atoms with E-state index in [9.17, 15) is 9.18 Å². The van der Waals surface area contributed by atoms with Crippen molar-refractivity contribution < 1.29 is 14.3 Å². The fourth-order valence-corrected chi connectivity index (χ4v) is 2.05. The molecule has 0 radical (unpaired) electrons. The van der Waals surface area contributed by atoms with Gasteiger partial charge in [-0.15, -0.1) is 0 Å². The van der Waals surface area contributed by atoms with Crippen LogP contribution in [0.15, 0.2) is 22.7 Å². The van der Waals surface area contributed by atoms with Crippen molar-refractivity contribution in [3.8, 4) is 0 Å². The van der Waals surface area contributed by atoms with Crippen molar-refractivity contribution in [1.29, 1.82) is 0 Å². The van der Waals surface area contributed by atoms with Crippen molar-refractivity contribution in [2.75, 3.05) is 18.1 Å². The summed E-state index contributed by atoms with van der Waals surface area (Å²) in [5.74, 6) is -0.502. The highest BCUT2D eigenvalue weighted by molar-refractivity contribution is 9.10. The molecule has 1 aromatic carbocycles. The summed E-state index contributed by atoms with van der Waals surface area (Å²) in [7, 11) is 0. The SMILES string of the molecule is O=C1CC(CO)CN1c1ccc(Br)c(F)c1. The number of aliphatic hydroxyl groups excluding tert-OH is 1. The van der Waals surface area contributed by atoms with Gasteiger partial charge < -0.3 is 10.0 Å². The first-order chi connectivity index (χ1) is 7.61. The molecule has 1 saturated heterocycles. The van der Waals surface area contributed by atoms with Gasteiger partial charge in [0.05, 0.1) is 4.47 Å². The summed E-state index contributed by atoms with van der Waals surface area (Å²) >= 11 is 3.06. The number of rotatable bonds is 2. The molecule has 16 heavy (non-hydrogen) atoms. The number of carbonyl (C=O) groups excluding carboxylic acids is 1. The number of halogens is 2. The van der Waals surface area contributed by atoms with Gasteiger partial charge in [0.15, 0.2) is 0 Å². The van der Waals surface area contributed by atoms with E-state index in [0.717, 1.165) is 0 Å². The van der Waals surface area contributed by atoms with E-state index >= 15 is 0 Å². The largest absolute Gasteiger partial charge is 0.396 e. The van der Waals surface area contributed by atoms with Crippen LogP contribution in [0.4, 0.5) is 10.1 Å². The Balaban J connectivity index is 2.24. The smallest absolute Gasteiger partial charge is 0.227 e. The van der Waals surface area contributed by atoms with E-state index in [1.165, 1.54) is 11.0 Å². The van der Waals surface area contributed by atoms with Crippen molar-refractivity contribution in [1.82, 2.24) is 0 Å². The van der Waals surface area contributed by atoms with Crippen LogP contribution in [0.5, 0.6) is 0 Å². The van der Waals surface area contributed by atoms with Gasteiger partial charge in [-0.25, -0.2) is 4.39 Å². The molecule has 1 fully saturated rings. The lowest BCUT2D eigenvalue weighted by atomic mass is 10.1. The van der Waals surface area contributed by atoms with Crippen molar-refractivity contribution in [2.24, 2.45) is 5.92 Å². The van der Waals surface area contributed by atoms with Crippen LogP contribution in [0.1, 0.15) is 6.42 Å². The molecule has 3 nitrogen and oxygen atoms in total. The zero-order valence-electron chi connectivity index (χ0n) is 8.49. The summed E-state index contributed by atoms with van der Waals surface area (Å²) < 4.78 is 13.7. The Morgan fingerprint density at radius 2 is 2.31 bits per heavy atom. The van der Waals surface area contributed by atoms with E-state index in [4.69, 9.17) is 5.11 Å². The summed E-state index contributed by atoms with van der Waals surface area (Å²) in [6, 6.07) is 4.58. The molecular weight excluding hydrogens is 277 g/mol. The molecule has 5 heteroatoms. The summed E-state index contributed by atoms with van der Waals surface area (Å²) in [6.45, 7) is 0.442. The van der Waals surface area contributed by atoms with E-state index < -0.39 is 5.82 Å². The molecule has 1 aliphatic heterocycles. The lowest BCUT2D eigenvalue weighted by Crippen LogP contribution is -2.24. The maximum atomic E-state index is 13.3. The Kier molecular flexibility index (Phi) is 3.25. The first-order valence-corrected chi connectivity index (χ1v) is 5.77. The second kappa shape index (κ2) is 4.51. The van der Waals surface area contributed by atoms with E-state index in [1.54, 1.807) is 12.1 Å². The third-order valence-electron chi connectivity index (χ3n) is 2.68. The average molecular weight is 288 g/mol. The third-order valence-corrected chi connectivity index (χ3v) is 3.32. The van der Waals surface area contributed by atoms with E-state index in [2.05, 4.69) is 15.9 Å². The maximum absolute atomic E-state index is 13.3.